The normalized spacial score (nSPS) is 24.6. The van der Waals surface area contributed by atoms with E-state index in [9.17, 15) is 9.59 Å². The van der Waals surface area contributed by atoms with Crippen molar-refractivity contribution in [2.45, 2.75) is 32.4 Å². The minimum atomic E-state index is -0.468. The Kier molecular flexibility index (Phi) is 5.33. The maximum absolute atomic E-state index is 12.1. The molecule has 1 saturated heterocycles. The summed E-state index contributed by atoms with van der Waals surface area (Å²) in [7, 11) is 0. The van der Waals surface area contributed by atoms with Gasteiger partial charge >= 0.3 is 11.9 Å². The van der Waals surface area contributed by atoms with E-state index < -0.39 is 6.04 Å². The zero-order chi connectivity index (χ0) is 15.2. The van der Waals surface area contributed by atoms with Gasteiger partial charge in [-0.1, -0.05) is 30.3 Å². The van der Waals surface area contributed by atoms with Crippen molar-refractivity contribution < 1.29 is 19.1 Å². The third-order valence-electron chi connectivity index (χ3n) is 3.59. The zero-order valence-electron chi connectivity index (χ0n) is 12.4. The van der Waals surface area contributed by atoms with Gasteiger partial charge in [-0.15, -0.1) is 0 Å². The lowest BCUT2D eigenvalue weighted by Gasteiger charge is -2.18. The summed E-state index contributed by atoms with van der Waals surface area (Å²) >= 11 is 0. The molecule has 0 saturated carbocycles. The summed E-state index contributed by atoms with van der Waals surface area (Å²) in [4.78, 5) is 24.1. The number of rotatable bonds is 5. The molecule has 1 fully saturated rings. The molecule has 3 unspecified atom stereocenters. The Morgan fingerprint density at radius 3 is 2.33 bits per heavy atom. The summed E-state index contributed by atoms with van der Waals surface area (Å²) in [6, 6.07) is 8.94. The molecule has 1 aromatic carbocycles. The van der Waals surface area contributed by atoms with E-state index in [0.29, 0.717) is 19.6 Å². The largest absolute Gasteiger partial charge is 0.466 e. The fourth-order valence-electron chi connectivity index (χ4n) is 2.67. The molecule has 2 rings (SSSR count). The summed E-state index contributed by atoms with van der Waals surface area (Å²) in [6.07, 6.45) is 0.400. The van der Waals surface area contributed by atoms with Gasteiger partial charge in [-0.2, -0.15) is 0 Å². The van der Waals surface area contributed by atoms with Crippen molar-refractivity contribution in [3.8, 4) is 0 Å². The number of ether oxygens (including phenoxy) is 2. The molecule has 0 spiro atoms. The van der Waals surface area contributed by atoms with Crippen LogP contribution in [-0.4, -0.2) is 31.2 Å². The highest BCUT2D eigenvalue weighted by atomic mass is 16.5. The maximum atomic E-state index is 12.1. The smallest absolute Gasteiger partial charge is 0.323 e. The Balaban J connectivity index is 2.18. The number of carbonyl (C=O) groups excluding carboxylic acids is 2. The van der Waals surface area contributed by atoms with E-state index >= 15 is 0 Å². The van der Waals surface area contributed by atoms with E-state index in [1.165, 1.54) is 0 Å². The first-order chi connectivity index (χ1) is 10.2. The topological polar surface area (TPSA) is 64.6 Å². The summed E-state index contributed by atoms with van der Waals surface area (Å²) in [5, 5.41) is 3.21. The highest BCUT2D eigenvalue weighted by Crippen LogP contribution is 2.34. The van der Waals surface area contributed by atoms with E-state index in [1.54, 1.807) is 13.8 Å². The second-order valence-corrected chi connectivity index (χ2v) is 4.95. The summed E-state index contributed by atoms with van der Waals surface area (Å²) in [6.45, 7) is 4.21. The molecule has 1 aromatic rings. The molecule has 1 aliphatic rings. The van der Waals surface area contributed by atoms with Crippen LogP contribution in [0.2, 0.25) is 0 Å². The molecule has 3 atom stereocenters. The van der Waals surface area contributed by atoms with E-state index in [-0.39, 0.29) is 23.9 Å². The Labute approximate surface area is 124 Å². The van der Waals surface area contributed by atoms with E-state index in [1.807, 2.05) is 30.3 Å². The predicted molar refractivity (Wildman–Crippen MR) is 77.5 cm³/mol. The number of hydrogen-bond donors (Lipinski definition) is 1. The fourth-order valence-corrected chi connectivity index (χ4v) is 2.67. The molecule has 21 heavy (non-hydrogen) atoms. The van der Waals surface area contributed by atoms with Crippen LogP contribution >= 0.6 is 0 Å². The van der Waals surface area contributed by atoms with E-state index in [0.717, 1.165) is 5.56 Å². The number of hydrogen-bond acceptors (Lipinski definition) is 5. The lowest BCUT2D eigenvalue weighted by molar-refractivity contribution is -0.148. The van der Waals surface area contributed by atoms with Crippen LogP contribution in [0, 0.1) is 5.92 Å². The molecule has 0 amide bonds. The lowest BCUT2D eigenvalue weighted by atomic mass is 9.93. The van der Waals surface area contributed by atoms with Gasteiger partial charge in [0.1, 0.15) is 6.04 Å². The number of esters is 2. The van der Waals surface area contributed by atoms with Crippen molar-refractivity contribution in [2.75, 3.05) is 13.2 Å². The number of nitrogens with one attached hydrogen (secondary N) is 1. The van der Waals surface area contributed by atoms with Crippen molar-refractivity contribution in [1.29, 1.82) is 0 Å². The summed E-state index contributed by atoms with van der Waals surface area (Å²) in [5.74, 6) is -0.961. The van der Waals surface area contributed by atoms with Crippen LogP contribution in [0.25, 0.3) is 0 Å². The van der Waals surface area contributed by atoms with Crippen molar-refractivity contribution in [2.24, 2.45) is 5.92 Å². The Morgan fingerprint density at radius 1 is 1.10 bits per heavy atom. The number of benzene rings is 1. The fraction of sp³-hybridized carbons (Fsp3) is 0.500. The molecule has 0 radical (unpaired) electrons. The average Bonchev–Trinajstić information content (AvgIpc) is 2.94. The van der Waals surface area contributed by atoms with Crippen LogP contribution in [-0.2, 0) is 19.1 Å². The summed E-state index contributed by atoms with van der Waals surface area (Å²) in [5.41, 5.74) is 0.974. The van der Waals surface area contributed by atoms with Gasteiger partial charge in [0.25, 0.3) is 0 Å². The molecule has 114 valence electrons. The van der Waals surface area contributed by atoms with Crippen molar-refractivity contribution in [3.63, 3.8) is 0 Å². The van der Waals surface area contributed by atoms with E-state index in [2.05, 4.69) is 5.32 Å². The first-order valence-corrected chi connectivity index (χ1v) is 7.31. The Hall–Kier alpha value is -1.88. The molecule has 1 heterocycles. The first kappa shape index (κ1) is 15.5. The van der Waals surface area contributed by atoms with Gasteiger partial charge in [-0.3, -0.25) is 14.9 Å². The standard InChI is InChI=1S/C16H21NO4/c1-3-20-15(18)12-10-13(16(19)21-4-2)17-14(12)11-8-6-5-7-9-11/h5-9,12-14,17H,3-4,10H2,1-2H3. The quantitative estimate of drug-likeness (QED) is 0.839. The number of carbonyl (C=O) groups is 2. The molecule has 0 aliphatic carbocycles. The highest BCUT2D eigenvalue weighted by molar-refractivity contribution is 5.80. The van der Waals surface area contributed by atoms with E-state index in [4.69, 9.17) is 9.47 Å². The molecule has 5 heteroatoms. The molecule has 1 aliphatic heterocycles. The van der Waals surface area contributed by atoms with Crippen molar-refractivity contribution in [3.05, 3.63) is 35.9 Å². The minimum Gasteiger partial charge on any atom is -0.466 e. The van der Waals surface area contributed by atoms with Gasteiger partial charge in [-0.05, 0) is 25.8 Å². The summed E-state index contributed by atoms with van der Waals surface area (Å²) < 4.78 is 10.2. The molecule has 0 aromatic heterocycles. The third-order valence-corrected chi connectivity index (χ3v) is 3.59. The molecule has 1 N–H and O–H groups in total. The van der Waals surface area contributed by atoms with Gasteiger partial charge < -0.3 is 9.47 Å². The van der Waals surface area contributed by atoms with Gasteiger partial charge in [0, 0.05) is 6.04 Å². The van der Waals surface area contributed by atoms with Crippen LogP contribution < -0.4 is 5.32 Å². The van der Waals surface area contributed by atoms with Crippen LogP contribution in [0.15, 0.2) is 30.3 Å². The van der Waals surface area contributed by atoms with Gasteiger partial charge in [-0.25, -0.2) is 0 Å². The van der Waals surface area contributed by atoms with Crippen LogP contribution in [0.5, 0.6) is 0 Å². The maximum Gasteiger partial charge on any atom is 0.323 e. The van der Waals surface area contributed by atoms with Gasteiger partial charge in [0.2, 0.25) is 0 Å². The monoisotopic (exact) mass is 291 g/mol. The average molecular weight is 291 g/mol. The molecule has 0 bridgehead atoms. The highest BCUT2D eigenvalue weighted by Gasteiger charge is 2.43. The Bertz CT molecular complexity index is 488. The van der Waals surface area contributed by atoms with Crippen LogP contribution in [0.1, 0.15) is 31.9 Å². The first-order valence-electron chi connectivity index (χ1n) is 7.31. The molecular weight excluding hydrogens is 270 g/mol. The van der Waals surface area contributed by atoms with Crippen molar-refractivity contribution in [1.82, 2.24) is 5.32 Å². The van der Waals surface area contributed by atoms with Crippen LogP contribution in [0.4, 0.5) is 0 Å². The zero-order valence-corrected chi connectivity index (χ0v) is 12.4. The lowest BCUT2D eigenvalue weighted by Crippen LogP contribution is -2.33. The second kappa shape index (κ2) is 7.22. The third kappa shape index (κ3) is 3.61. The molecule has 5 nitrogen and oxygen atoms in total. The van der Waals surface area contributed by atoms with Gasteiger partial charge in [0.05, 0.1) is 19.1 Å². The second-order valence-electron chi connectivity index (χ2n) is 4.95. The minimum absolute atomic E-state index is 0.223. The Morgan fingerprint density at radius 2 is 1.71 bits per heavy atom. The van der Waals surface area contributed by atoms with Gasteiger partial charge in [0.15, 0.2) is 0 Å². The predicted octanol–water partition coefficient (Wildman–Crippen LogP) is 1.83. The molecular formula is C16H21NO4. The van der Waals surface area contributed by atoms with Crippen LogP contribution in [0.3, 0.4) is 0 Å². The van der Waals surface area contributed by atoms with Crippen molar-refractivity contribution >= 4 is 11.9 Å². The SMILES string of the molecule is CCOC(=O)C1CC(C(=O)OCC)C(c2ccccc2)N1.